The molecule has 0 atom stereocenters. The monoisotopic (exact) mass is 377 g/mol. The van der Waals surface area contributed by atoms with Crippen LogP contribution in [0.3, 0.4) is 0 Å². The van der Waals surface area contributed by atoms with Crippen LogP contribution in [0.15, 0.2) is 71.9 Å². The summed E-state index contributed by atoms with van der Waals surface area (Å²) in [7, 11) is 0. The van der Waals surface area contributed by atoms with Crippen LogP contribution in [0.4, 0.5) is 13.2 Å². The van der Waals surface area contributed by atoms with E-state index in [1.54, 1.807) is 23.1 Å². The number of amides is 1. The molecule has 0 spiro atoms. The van der Waals surface area contributed by atoms with Gasteiger partial charge in [-0.25, -0.2) is 4.68 Å². The molecule has 0 radical (unpaired) electrons. The van der Waals surface area contributed by atoms with Crippen LogP contribution >= 0.6 is 11.8 Å². The third-order valence-electron chi connectivity index (χ3n) is 3.53. The van der Waals surface area contributed by atoms with Crippen LogP contribution in [0, 0.1) is 0 Å². The van der Waals surface area contributed by atoms with Crippen molar-refractivity contribution in [3.8, 4) is 5.69 Å². The van der Waals surface area contributed by atoms with Crippen molar-refractivity contribution < 1.29 is 18.0 Å². The van der Waals surface area contributed by atoms with Crippen LogP contribution in [0.5, 0.6) is 0 Å². The first-order valence-corrected chi connectivity index (χ1v) is 8.46. The van der Waals surface area contributed by atoms with Crippen molar-refractivity contribution >= 4 is 17.7 Å². The highest BCUT2D eigenvalue weighted by molar-refractivity contribution is 8.00. The highest BCUT2D eigenvalue weighted by Gasteiger charge is 2.29. The molecule has 134 valence electrons. The number of benzene rings is 2. The molecule has 1 N–H and O–H groups in total. The van der Waals surface area contributed by atoms with Crippen LogP contribution in [-0.4, -0.2) is 21.2 Å². The van der Waals surface area contributed by atoms with E-state index in [2.05, 4.69) is 10.4 Å². The molecule has 3 rings (SSSR count). The summed E-state index contributed by atoms with van der Waals surface area (Å²) in [6.07, 6.45) is 3.47. The molecule has 0 saturated carbocycles. The summed E-state index contributed by atoms with van der Waals surface area (Å²) in [5.74, 6) is -0.358. The summed E-state index contributed by atoms with van der Waals surface area (Å²) < 4.78 is 38.7. The Morgan fingerprint density at radius 1 is 1.08 bits per heavy atom. The largest absolute Gasteiger partial charge is 0.446 e. The number of nitrogens with zero attached hydrogens (tertiary/aromatic N) is 2. The van der Waals surface area contributed by atoms with Crippen molar-refractivity contribution in [1.82, 2.24) is 15.1 Å². The molecule has 8 heteroatoms. The van der Waals surface area contributed by atoms with Crippen LogP contribution in [-0.2, 0) is 6.54 Å². The fourth-order valence-electron chi connectivity index (χ4n) is 2.38. The van der Waals surface area contributed by atoms with Crippen molar-refractivity contribution in [2.45, 2.75) is 16.9 Å². The Hall–Kier alpha value is -2.74. The van der Waals surface area contributed by atoms with Gasteiger partial charge in [-0.3, -0.25) is 4.79 Å². The number of hydrogen-bond acceptors (Lipinski definition) is 3. The zero-order chi connectivity index (χ0) is 18.6. The number of rotatable bonds is 5. The predicted octanol–water partition coefficient (Wildman–Crippen LogP) is 4.41. The third kappa shape index (κ3) is 4.66. The maximum atomic E-state index is 12.3. The molecule has 0 aliphatic carbocycles. The topological polar surface area (TPSA) is 46.9 Å². The molecule has 2 aromatic carbocycles. The predicted molar refractivity (Wildman–Crippen MR) is 93.1 cm³/mol. The van der Waals surface area contributed by atoms with E-state index in [1.807, 2.05) is 24.3 Å². The zero-order valence-corrected chi connectivity index (χ0v) is 14.2. The Morgan fingerprint density at radius 3 is 2.46 bits per heavy atom. The van der Waals surface area contributed by atoms with Gasteiger partial charge in [-0.2, -0.15) is 18.3 Å². The smallest absolute Gasteiger partial charge is 0.348 e. The average Bonchev–Trinajstić information content (AvgIpc) is 3.13. The van der Waals surface area contributed by atoms with Crippen molar-refractivity contribution in [2.24, 2.45) is 0 Å². The number of hydrogen-bond donors (Lipinski definition) is 1. The van der Waals surface area contributed by atoms with Crippen LogP contribution < -0.4 is 5.32 Å². The fourth-order valence-corrected chi connectivity index (χ4v) is 2.92. The second kappa shape index (κ2) is 7.65. The minimum atomic E-state index is -4.35. The molecule has 0 unspecified atom stereocenters. The molecule has 0 fully saturated rings. The highest BCUT2D eigenvalue weighted by atomic mass is 32.2. The van der Waals surface area contributed by atoms with Gasteiger partial charge in [0.15, 0.2) is 0 Å². The lowest BCUT2D eigenvalue weighted by molar-refractivity contribution is -0.0328. The molecule has 0 aliphatic heterocycles. The second-order valence-corrected chi connectivity index (χ2v) is 6.47. The molecule has 0 saturated heterocycles. The molecule has 0 aliphatic rings. The van der Waals surface area contributed by atoms with Crippen LogP contribution in [0.1, 0.15) is 15.9 Å². The summed E-state index contributed by atoms with van der Waals surface area (Å²) in [6, 6.07) is 14.6. The van der Waals surface area contributed by atoms with Crippen LogP contribution in [0.2, 0.25) is 0 Å². The maximum absolute atomic E-state index is 12.3. The number of nitrogens with one attached hydrogen (secondary N) is 1. The molecule has 1 heterocycles. The molecule has 3 aromatic rings. The van der Waals surface area contributed by atoms with E-state index in [0.717, 1.165) is 11.3 Å². The molecule has 4 nitrogen and oxygen atoms in total. The van der Waals surface area contributed by atoms with Gasteiger partial charge in [0.2, 0.25) is 0 Å². The number of para-hydroxylation sites is 1. The van der Waals surface area contributed by atoms with Gasteiger partial charge in [0.05, 0.1) is 5.69 Å². The quantitative estimate of drug-likeness (QED) is 0.670. The lowest BCUT2D eigenvalue weighted by Crippen LogP contribution is -2.23. The number of halogens is 3. The zero-order valence-electron chi connectivity index (χ0n) is 13.4. The van der Waals surface area contributed by atoms with Gasteiger partial charge in [-0.15, -0.1) is 0 Å². The standard InChI is InChI=1S/C18H14F3N3OS/c19-18(20,21)26-15-8-6-13(7-9-15)17(25)22-12-14-4-1-2-5-16(14)24-11-3-10-23-24/h1-11H,12H2,(H,22,25). The Balaban J connectivity index is 1.66. The van der Waals surface area contributed by atoms with Gasteiger partial charge in [0, 0.05) is 29.4 Å². The van der Waals surface area contributed by atoms with Crippen molar-refractivity contribution in [3.05, 3.63) is 78.1 Å². The molecular formula is C18H14F3N3OS. The van der Waals surface area contributed by atoms with E-state index >= 15 is 0 Å². The molecule has 26 heavy (non-hydrogen) atoms. The van der Waals surface area contributed by atoms with E-state index in [4.69, 9.17) is 0 Å². The lowest BCUT2D eigenvalue weighted by atomic mass is 10.1. The van der Waals surface area contributed by atoms with E-state index in [1.165, 1.54) is 24.3 Å². The third-order valence-corrected chi connectivity index (χ3v) is 4.27. The number of alkyl halides is 3. The van der Waals surface area contributed by atoms with Crippen molar-refractivity contribution in [3.63, 3.8) is 0 Å². The Morgan fingerprint density at radius 2 is 1.81 bits per heavy atom. The van der Waals surface area contributed by atoms with Gasteiger partial charge in [-0.1, -0.05) is 18.2 Å². The summed E-state index contributed by atoms with van der Waals surface area (Å²) in [5.41, 5.74) is -2.34. The summed E-state index contributed by atoms with van der Waals surface area (Å²) >= 11 is -0.210. The Labute approximate surface area is 152 Å². The normalized spacial score (nSPS) is 11.3. The molecule has 1 amide bonds. The first-order valence-electron chi connectivity index (χ1n) is 7.64. The van der Waals surface area contributed by atoms with Gasteiger partial charge >= 0.3 is 5.51 Å². The van der Waals surface area contributed by atoms with Crippen LogP contribution in [0.25, 0.3) is 5.69 Å². The molecule has 1 aromatic heterocycles. The highest BCUT2D eigenvalue weighted by Crippen LogP contribution is 2.36. The van der Waals surface area contributed by atoms with E-state index < -0.39 is 5.51 Å². The van der Waals surface area contributed by atoms with Gasteiger partial charge < -0.3 is 5.32 Å². The van der Waals surface area contributed by atoms with Gasteiger partial charge in [-0.05, 0) is 53.7 Å². The summed E-state index contributed by atoms with van der Waals surface area (Å²) in [6.45, 7) is 0.272. The Bertz CT molecular complexity index is 877. The van der Waals surface area contributed by atoms with Crippen molar-refractivity contribution in [1.29, 1.82) is 0 Å². The van der Waals surface area contributed by atoms with Gasteiger partial charge in [0.1, 0.15) is 0 Å². The summed E-state index contributed by atoms with van der Waals surface area (Å²) in [4.78, 5) is 12.3. The number of carbonyl (C=O) groups excluding carboxylic acids is 1. The van der Waals surface area contributed by atoms with Crippen molar-refractivity contribution in [2.75, 3.05) is 0 Å². The fraction of sp³-hybridized carbons (Fsp3) is 0.111. The second-order valence-electron chi connectivity index (χ2n) is 5.33. The SMILES string of the molecule is O=C(NCc1ccccc1-n1cccn1)c1ccc(SC(F)(F)F)cc1. The summed E-state index contributed by atoms with van der Waals surface area (Å²) in [5, 5.41) is 6.96. The molecular weight excluding hydrogens is 363 g/mol. The lowest BCUT2D eigenvalue weighted by Gasteiger charge is -2.11. The van der Waals surface area contributed by atoms with E-state index in [9.17, 15) is 18.0 Å². The first-order chi connectivity index (χ1) is 12.4. The maximum Gasteiger partial charge on any atom is 0.446 e. The average molecular weight is 377 g/mol. The minimum Gasteiger partial charge on any atom is -0.348 e. The molecule has 0 bridgehead atoms. The number of thioether (sulfide) groups is 1. The Kier molecular flexibility index (Phi) is 5.32. The minimum absolute atomic E-state index is 0.0399. The number of aromatic nitrogens is 2. The van der Waals surface area contributed by atoms with Gasteiger partial charge in [0.25, 0.3) is 5.91 Å². The number of carbonyl (C=O) groups is 1. The van der Waals surface area contributed by atoms with E-state index in [-0.39, 0.29) is 29.1 Å². The van der Waals surface area contributed by atoms with E-state index in [0.29, 0.717) is 5.56 Å². The first kappa shape index (κ1) is 18.1.